The van der Waals surface area contributed by atoms with E-state index in [1.807, 2.05) is 18.4 Å². The van der Waals surface area contributed by atoms with Crippen LogP contribution < -0.4 is 5.73 Å². The Bertz CT molecular complexity index is 441. The molecule has 4 heteroatoms. The molecule has 0 saturated heterocycles. The third kappa shape index (κ3) is 2.41. The highest BCUT2D eigenvalue weighted by molar-refractivity contribution is 7.98. The Hall–Kier alpha value is -1.16. The molecular formula is C13H17NO2S. The van der Waals surface area contributed by atoms with E-state index in [1.165, 1.54) is 7.11 Å². The molecule has 1 aromatic rings. The number of ether oxygens (including phenoxy) is 1. The molecule has 0 heterocycles. The number of carbonyl (C=O) groups is 1. The van der Waals surface area contributed by atoms with Gasteiger partial charge < -0.3 is 10.5 Å². The predicted molar refractivity (Wildman–Crippen MR) is 70.0 cm³/mol. The van der Waals surface area contributed by atoms with Crippen LogP contribution in [0.15, 0.2) is 23.1 Å². The van der Waals surface area contributed by atoms with E-state index >= 15 is 0 Å². The lowest BCUT2D eigenvalue weighted by atomic mass is 9.96. The maximum Gasteiger partial charge on any atom is 0.312 e. The SMILES string of the molecule is COC(=O)C1(Cc2ccc(N)c(SC)c2)CC1. The molecule has 0 unspecified atom stereocenters. The second-order valence-corrected chi connectivity index (χ2v) is 5.37. The van der Waals surface area contributed by atoms with Crippen LogP contribution in [0.2, 0.25) is 0 Å². The van der Waals surface area contributed by atoms with Gasteiger partial charge in [-0.15, -0.1) is 11.8 Å². The number of nitrogens with two attached hydrogens (primary N) is 1. The summed E-state index contributed by atoms with van der Waals surface area (Å²) in [6, 6.07) is 5.98. The van der Waals surface area contributed by atoms with Gasteiger partial charge in [0.1, 0.15) is 0 Å². The maximum atomic E-state index is 11.7. The third-order valence-electron chi connectivity index (χ3n) is 3.31. The second kappa shape index (κ2) is 4.61. The van der Waals surface area contributed by atoms with Crippen LogP contribution in [0.1, 0.15) is 18.4 Å². The fourth-order valence-electron chi connectivity index (χ4n) is 2.08. The van der Waals surface area contributed by atoms with E-state index in [4.69, 9.17) is 10.5 Å². The van der Waals surface area contributed by atoms with Gasteiger partial charge in [0.25, 0.3) is 0 Å². The quantitative estimate of drug-likeness (QED) is 0.507. The molecule has 1 fully saturated rings. The summed E-state index contributed by atoms with van der Waals surface area (Å²) in [5, 5.41) is 0. The van der Waals surface area contributed by atoms with Gasteiger partial charge >= 0.3 is 5.97 Å². The number of hydrogen-bond donors (Lipinski definition) is 1. The number of methoxy groups -OCH3 is 1. The average molecular weight is 251 g/mol. The van der Waals surface area contributed by atoms with E-state index in [2.05, 4.69) is 6.07 Å². The van der Waals surface area contributed by atoms with Crippen molar-refractivity contribution in [2.75, 3.05) is 19.1 Å². The molecule has 1 saturated carbocycles. The van der Waals surface area contributed by atoms with Crippen LogP contribution in [0.3, 0.4) is 0 Å². The highest BCUT2D eigenvalue weighted by atomic mass is 32.2. The molecule has 1 aliphatic carbocycles. The van der Waals surface area contributed by atoms with Gasteiger partial charge in [0.2, 0.25) is 0 Å². The molecule has 0 radical (unpaired) electrons. The number of rotatable bonds is 4. The molecule has 1 aliphatic rings. The summed E-state index contributed by atoms with van der Waals surface area (Å²) >= 11 is 1.63. The summed E-state index contributed by atoms with van der Waals surface area (Å²) in [7, 11) is 1.46. The van der Waals surface area contributed by atoms with Crippen molar-refractivity contribution in [2.45, 2.75) is 24.2 Å². The Morgan fingerprint density at radius 1 is 1.53 bits per heavy atom. The van der Waals surface area contributed by atoms with Crippen LogP contribution in [-0.4, -0.2) is 19.3 Å². The molecule has 2 rings (SSSR count). The number of esters is 1. The molecule has 0 aromatic heterocycles. The summed E-state index contributed by atoms with van der Waals surface area (Å²) in [6.45, 7) is 0. The summed E-state index contributed by atoms with van der Waals surface area (Å²) in [5.41, 5.74) is 7.54. The first-order valence-corrected chi connectivity index (χ1v) is 6.84. The topological polar surface area (TPSA) is 52.3 Å². The molecule has 0 atom stereocenters. The molecule has 3 nitrogen and oxygen atoms in total. The monoisotopic (exact) mass is 251 g/mol. The first-order valence-electron chi connectivity index (χ1n) is 5.62. The van der Waals surface area contributed by atoms with Gasteiger partial charge in [-0.05, 0) is 43.2 Å². The van der Waals surface area contributed by atoms with Crippen molar-refractivity contribution in [2.24, 2.45) is 5.41 Å². The number of nitrogen functional groups attached to an aromatic ring is 1. The zero-order chi connectivity index (χ0) is 12.5. The summed E-state index contributed by atoms with van der Waals surface area (Å²) in [5.74, 6) is -0.0833. The smallest absolute Gasteiger partial charge is 0.312 e. The fraction of sp³-hybridized carbons (Fsp3) is 0.462. The molecule has 0 spiro atoms. The van der Waals surface area contributed by atoms with Gasteiger partial charge in [0.15, 0.2) is 0 Å². The zero-order valence-electron chi connectivity index (χ0n) is 10.2. The Balaban J connectivity index is 2.17. The fourth-order valence-corrected chi connectivity index (χ4v) is 2.65. The van der Waals surface area contributed by atoms with E-state index in [9.17, 15) is 4.79 Å². The highest BCUT2D eigenvalue weighted by Crippen LogP contribution is 2.49. The Morgan fingerprint density at radius 2 is 2.24 bits per heavy atom. The molecule has 0 bridgehead atoms. The van der Waals surface area contributed by atoms with Crippen LogP contribution in [-0.2, 0) is 16.0 Å². The number of hydrogen-bond acceptors (Lipinski definition) is 4. The van der Waals surface area contributed by atoms with Gasteiger partial charge in [0, 0.05) is 10.6 Å². The van der Waals surface area contributed by atoms with Gasteiger partial charge in [-0.1, -0.05) is 6.07 Å². The zero-order valence-corrected chi connectivity index (χ0v) is 11.0. The summed E-state index contributed by atoms with van der Waals surface area (Å²) < 4.78 is 4.86. The summed E-state index contributed by atoms with van der Waals surface area (Å²) in [6.07, 6.45) is 4.62. The van der Waals surface area contributed by atoms with Crippen LogP contribution in [0, 0.1) is 5.41 Å². The molecular weight excluding hydrogens is 234 g/mol. The van der Waals surface area contributed by atoms with Crippen molar-refractivity contribution in [1.82, 2.24) is 0 Å². The van der Waals surface area contributed by atoms with E-state index in [0.717, 1.165) is 35.4 Å². The van der Waals surface area contributed by atoms with Gasteiger partial charge in [-0.25, -0.2) is 0 Å². The van der Waals surface area contributed by atoms with Crippen molar-refractivity contribution < 1.29 is 9.53 Å². The van der Waals surface area contributed by atoms with Crippen molar-refractivity contribution in [1.29, 1.82) is 0 Å². The van der Waals surface area contributed by atoms with Gasteiger partial charge in [-0.3, -0.25) is 4.79 Å². The van der Waals surface area contributed by atoms with Crippen molar-refractivity contribution >= 4 is 23.4 Å². The molecule has 0 aliphatic heterocycles. The Morgan fingerprint density at radius 3 is 2.76 bits per heavy atom. The van der Waals surface area contributed by atoms with E-state index in [0.29, 0.717) is 0 Å². The highest BCUT2D eigenvalue weighted by Gasteiger charge is 2.50. The van der Waals surface area contributed by atoms with E-state index in [-0.39, 0.29) is 11.4 Å². The first-order chi connectivity index (χ1) is 8.11. The number of benzene rings is 1. The second-order valence-electron chi connectivity index (χ2n) is 4.52. The maximum absolute atomic E-state index is 11.7. The third-order valence-corrected chi connectivity index (χ3v) is 4.11. The van der Waals surface area contributed by atoms with Crippen LogP contribution in [0.5, 0.6) is 0 Å². The Kier molecular flexibility index (Phi) is 3.33. The first kappa shape index (κ1) is 12.3. The van der Waals surface area contributed by atoms with Crippen LogP contribution in [0.25, 0.3) is 0 Å². The van der Waals surface area contributed by atoms with Crippen molar-refractivity contribution in [3.63, 3.8) is 0 Å². The van der Waals surface area contributed by atoms with Crippen molar-refractivity contribution in [3.05, 3.63) is 23.8 Å². The van der Waals surface area contributed by atoms with Crippen LogP contribution in [0.4, 0.5) is 5.69 Å². The minimum Gasteiger partial charge on any atom is -0.469 e. The van der Waals surface area contributed by atoms with Crippen molar-refractivity contribution in [3.8, 4) is 0 Å². The van der Waals surface area contributed by atoms with E-state index < -0.39 is 0 Å². The summed E-state index contributed by atoms with van der Waals surface area (Å²) in [4.78, 5) is 12.7. The largest absolute Gasteiger partial charge is 0.469 e. The molecule has 92 valence electrons. The van der Waals surface area contributed by atoms with Gasteiger partial charge in [-0.2, -0.15) is 0 Å². The number of anilines is 1. The molecule has 0 amide bonds. The predicted octanol–water partition coefficient (Wildman–Crippen LogP) is 2.49. The minimum atomic E-state index is -0.263. The van der Waals surface area contributed by atoms with E-state index in [1.54, 1.807) is 11.8 Å². The number of thioether (sulfide) groups is 1. The lowest BCUT2D eigenvalue weighted by Crippen LogP contribution is -2.20. The minimum absolute atomic E-state index is 0.0833. The molecule has 17 heavy (non-hydrogen) atoms. The Labute approximate surface area is 106 Å². The molecule has 1 aromatic carbocycles. The van der Waals surface area contributed by atoms with Crippen LogP contribution >= 0.6 is 11.8 Å². The normalized spacial score (nSPS) is 16.6. The lowest BCUT2D eigenvalue weighted by molar-refractivity contribution is -0.147. The number of carbonyl (C=O) groups excluding carboxylic acids is 1. The lowest BCUT2D eigenvalue weighted by Gasteiger charge is -2.13. The van der Waals surface area contributed by atoms with Gasteiger partial charge in [0.05, 0.1) is 12.5 Å². The molecule has 2 N–H and O–H groups in total. The standard InChI is InChI=1S/C13H17NO2S/c1-16-12(15)13(5-6-13)8-9-3-4-10(14)11(7-9)17-2/h3-4,7H,5-6,8,14H2,1-2H3. The average Bonchev–Trinajstić information content (AvgIpc) is 3.11.